The molecule has 3 heteroatoms. The Morgan fingerprint density at radius 1 is 1.19 bits per heavy atom. The molecule has 0 bridgehead atoms. The summed E-state index contributed by atoms with van der Waals surface area (Å²) in [5.41, 5.74) is 3.98. The number of aryl methyl sites for hydroxylation is 1. The lowest BCUT2D eigenvalue weighted by atomic mass is 9.87. The summed E-state index contributed by atoms with van der Waals surface area (Å²) < 4.78 is 0. The van der Waals surface area contributed by atoms with Crippen LogP contribution in [0.4, 0.5) is 0 Å². The van der Waals surface area contributed by atoms with Crippen molar-refractivity contribution in [3.63, 3.8) is 0 Å². The van der Waals surface area contributed by atoms with E-state index in [-0.39, 0.29) is 0 Å². The number of hydrogen-bond acceptors (Lipinski definition) is 2. The smallest absolute Gasteiger partial charge is 0.115 e. The van der Waals surface area contributed by atoms with Gasteiger partial charge in [0.15, 0.2) is 0 Å². The third kappa shape index (κ3) is 2.15. The number of halogens is 1. The third-order valence-electron chi connectivity index (χ3n) is 3.44. The van der Waals surface area contributed by atoms with Crippen molar-refractivity contribution in [3.05, 3.63) is 23.3 Å². The first-order valence-corrected chi connectivity index (χ1v) is 6.99. The number of aromatic nitrogens is 2. The van der Waals surface area contributed by atoms with Crippen molar-refractivity contribution in [2.75, 3.05) is 0 Å². The fourth-order valence-corrected chi connectivity index (χ4v) is 3.60. The Bertz CT molecular complexity index is 366. The van der Waals surface area contributed by atoms with Gasteiger partial charge in [0.2, 0.25) is 0 Å². The van der Waals surface area contributed by atoms with Crippen LogP contribution in [0.1, 0.15) is 50.1 Å². The van der Waals surface area contributed by atoms with Crippen LogP contribution in [0.15, 0.2) is 6.33 Å². The molecule has 2 rings (SSSR count). The molecule has 16 heavy (non-hydrogen) atoms. The first kappa shape index (κ1) is 12.0. The van der Waals surface area contributed by atoms with E-state index in [0.29, 0.717) is 16.7 Å². The highest BCUT2D eigenvalue weighted by Crippen LogP contribution is 2.35. The minimum Gasteiger partial charge on any atom is -0.241 e. The SMILES string of the molecule is CC(C)C(c1ncnc2c1CCC2)C(C)Br. The number of rotatable bonds is 3. The molecule has 1 aromatic rings. The van der Waals surface area contributed by atoms with E-state index < -0.39 is 0 Å². The van der Waals surface area contributed by atoms with Gasteiger partial charge in [0, 0.05) is 16.4 Å². The summed E-state index contributed by atoms with van der Waals surface area (Å²) in [7, 11) is 0. The molecule has 1 aromatic heterocycles. The van der Waals surface area contributed by atoms with Crippen molar-refractivity contribution in [2.24, 2.45) is 5.92 Å². The third-order valence-corrected chi connectivity index (χ3v) is 4.01. The summed E-state index contributed by atoms with van der Waals surface area (Å²) in [4.78, 5) is 9.41. The molecule has 0 fully saturated rings. The van der Waals surface area contributed by atoms with Crippen LogP contribution in [-0.2, 0) is 12.8 Å². The van der Waals surface area contributed by atoms with Crippen LogP contribution in [-0.4, -0.2) is 14.8 Å². The molecule has 0 radical (unpaired) electrons. The van der Waals surface area contributed by atoms with E-state index in [1.165, 1.54) is 23.4 Å². The number of nitrogens with zero attached hydrogens (tertiary/aromatic N) is 2. The lowest BCUT2D eigenvalue weighted by Gasteiger charge is -2.24. The molecule has 1 aliphatic rings. The van der Waals surface area contributed by atoms with Crippen LogP contribution in [0, 0.1) is 5.92 Å². The van der Waals surface area contributed by atoms with Crippen LogP contribution in [0.2, 0.25) is 0 Å². The van der Waals surface area contributed by atoms with E-state index in [1.54, 1.807) is 6.33 Å². The Balaban J connectivity index is 2.42. The highest BCUT2D eigenvalue weighted by atomic mass is 79.9. The average molecular weight is 283 g/mol. The monoisotopic (exact) mass is 282 g/mol. The summed E-state index contributed by atoms with van der Waals surface area (Å²) in [6.07, 6.45) is 5.27. The van der Waals surface area contributed by atoms with E-state index in [0.717, 1.165) is 12.8 Å². The van der Waals surface area contributed by atoms with Crippen molar-refractivity contribution in [1.29, 1.82) is 0 Å². The molecule has 0 aliphatic heterocycles. The van der Waals surface area contributed by atoms with E-state index in [1.807, 2.05) is 0 Å². The quantitative estimate of drug-likeness (QED) is 0.794. The summed E-state index contributed by atoms with van der Waals surface area (Å²) in [5.74, 6) is 1.10. The van der Waals surface area contributed by atoms with E-state index in [4.69, 9.17) is 0 Å². The number of fused-ring (bicyclic) bond motifs is 1. The first-order chi connectivity index (χ1) is 7.61. The van der Waals surface area contributed by atoms with Crippen molar-refractivity contribution in [2.45, 2.75) is 50.8 Å². The van der Waals surface area contributed by atoms with Gasteiger partial charge in [-0.2, -0.15) is 0 Å². The van der Waals surface area contributed by atoms with Gasteiger partial charge in [-0.3, -0.25) is 0 Å². The largest absolute Gasteiger partial charge is 0.241 e. The van der Waals surface area contributed by atoms with Gasteiger partial charge in [-0.15, -0.1) is 0 Å². The second-order valence-electron chi connectivity index (χ2n) is 4.99. The van der Waals surface area contributed by atoms with Crippen LogP contribution in [0.25, 0.3) is 0 Å². The second-order valence-corrected chi connectivity index (χ2v) is 6.43. The summed E-state index contributed by atoms with van der Waals surface area (Å²) in [6, 6.07) is 0. The first-order valence-electron chi connectivity index (χ1n) is 6.08. The van der Waals surface area contributed by atoms with E-state index >= 15 is 0 Å². The van der Waals surface area contributed by atoms with Crippen molar-refractivity contribution in [1.82, 2.24) is 9.97 Å². The summed E-state index contributed by atoms with van der Waals surface area (Å²) in [5, 5.41) is 0. The molecule has 0 saturated carbocycles. The van der Waals surface area contributed by atoms with Gasteiger partial charge in [0.05, 0.1) is 5.69 Å². The Hall–Kier alpha value is -0.440. The standard InChI is InChI=1S/C13H19BrN2/c1-8(2)12(9(3)14)13-10-5-4-6-11(10)15-7-16-13/h7-9,12H,4-6H2,1-3H3. The topological polar surface area (TPSA) is 25.8 Å². The van der Waals surface area contributed by atoms with Gasteiger partial charge in [-0.25, -0.2) is 9.97 Å². The van der Waals surface area contributed by atoms with Crippen LogP contribution >= 0.6 is 15.9 Å². The van der Waals surface area contributed by atoms with Crippen molar-refractivity contribution >= 4 is 15.9 Å². The molecule has 1 aliphatic carbocycles. The van der Waals surface area contributed by atoms with E-state index in [9.17, 15) is 0 Å². The maximum absolute atomic E-state index is 4.55. The van der Waals surface area contributed by atoms with Gasteiger partial charge in [0.1, 0.15) is 6.33 Å². The Kier molecular flexibility index (Phi) is 3.63. The molecule has 2 unspecified atom stereocenters. The second kappa shape index (κ2) is 4.82. The molecule has 1 heterocycles. The molecule has 0 aromatic carbocycles. The molecule has 2 atom stereocenters. The van der Waals surface area contributed by atoms with Gasteiger partial charge in [-0.05, 0) is 30.7 Å². The lowest BCUT2D eigenvalue weighted by Crippen LogP contribution is -2.19. The molecule has 0 amide bonds. The minimum atomic E-state index is 0.465. The zero-order valence-corrected chi connectivity index (χ0v) is 11.8. The molecule has 0 spiro atoms. The highest BCUT2D eigenvalue weighted by molar-refractivity contribution is 9.09. The van der Waals surface area contributed by atoms with Crippen LogP contribution in [0.3, 0.4) is 0 Å². The molecule has 0 saturated heterocycles. The Morgan fingerprint density at radius 2 is 1.94 bits per heavy atom. The van der Waals surface area contributed by atoms with Crippen molar-refractivity contribution in [3.8, 4) is 0 Å². The molecule has 2 nitrogen and oxygen atoms in total. The highest BCUT2D eigenvalue weighted by Gasteiger charge is 2.27. The normalized spacial score (nSPS) is 18.6. The molecule has 0 N–H and O–H groups in total. The zero-order chi connectivity index (χ0) is 11.7. The van der Waals surface area contributed by atoms with Gasteiger partial charge < -0.3 is 0 Å². The average Bonchev–Trinajstić information content (AvgIpc) is 2.65. The minimum absolute atomic E-state index is 0.465. The fourth-order valence-electron chi connectivity index (χ4n) is 2.74. The summed E-state index contributed by atoms with van der Waals surface area (Å²) in [6.45, 7) is 6.76. The fraction of sp³-hybridized carbons (Fsp3) is 0.692. The van der Waals surface area contributed by atoms with Crippen LogP contribution in [0.5, 0.6) is 0 Å². The number of alkyl halides is 1. The molecular weight excluding hydrogens is 264 g/mol. The zero-order valence-electron chi connectivity index (χ0n) is 10.2. The Morgan fingerprint density at radius 3 is 2.56 bits per heavy atom. The van der Waals surface area contributed by atoms with Gasteiger partial charge in [-0.1, -0.05) is 36.7 Å². The Labute approximate surface area is 106 Å². The van der Waals surface area contributed by atoms with Crippen LogP contribution < -0.4 is 0 Å². The van der Waals surface area contributed by atoms with E-state index in [2.05, 4.69) is 46.7 Å². The van der Waals surface area contributed by atoms with Crippen molar-refractivity contribution < 1.29 is 0 Å². The predicted molar refractivity (Wildman–Crippen MR) is 70.0 cm³/mol. The molecule has 88 valence electrons. The predicted octanol–water partition coefficient (Wildman–Crippen LogP) is 3.49. The van der Waals surface area contributed by atoms with Gasteiger partial charge >= 0.3 is 0 Å². The maximum atomic E-state index is 4.55. The lowest BCUT2D eigenvalue weighted by molar-refractivity contribution is 0.483. The summed E-state index contributed by atoms with van der Waals surface area (Å²) >= 11 is 3.73. The van der Waals surface area contributed by atoms with Gasteiger partial charge in [0.25, 0.3) is 0 Å². The maximum Gasteiger partial charge on any atom is 0.115 e. The molecular formula is C13H19BrN2. The number of hydrogen-bond donors (Lipinski definition) is 0.